The molecule has 1 aliphatic carbocycles. The fourth-order valence-corrected chi connectivity index (χ4v) is 3.71. The molecule has 9 nitrogen and oxygen atoms in total. The van der Waals surface area contributed by atoms with Gasteiger partial charge in [-0.3, -0.25) is 9.59 Å². The minimum absolute atomic E-state index is 0.0722. The van der Waals surface area contributed by atoms with Crippen molar-refractivity contribution in [3.05, 3.63) is 46.8 Å². The van der Waals surface area contributed by atoms with Gasteiger partial charge in [0.15, 0.2) is 0 Å². The van der Waals surface area contributed by atoms with E-state index in [4.69, 9.17) is 18.7 Å². The number of carbonyl (C=O) groups is 2. The second-order valence-corrected chi connectivity index (χ2v) is 7.73. The molecule has 9 heteroatoms. The largest absolute Gasteiger partial charge is 0.497 e. The topological polar surface area (TPSA) is 113 Å². The van der Waals surface area contributed by atoms with Gasteiger partial charge in [0.05, 0.1) is 50.4 Å². The van der Waals surface area contributed by atoms with E-state index in [1.165, 1.54) is 14.2 Å². The number of amides is 1. The molecule has 2 heterocycles. The van der Waals surface area contributed by atoms with Gasteiger partial charge in [-0.05, 0) is 38.0 Å². The summed E-state index contributed by atoms with van der Waals surface area (Å²) in [5, 5.41) is 7.51. The molecule has 1 aliphatic rings. The predicted octanol–water partition coefficient (Wildman–Crippen LogP) is 3.46. The molecule has 4 rings (SSSR count). The number of aryl methyl sites for hydroxylation is 1. The Labute approximate surface area is 185 Å². The number of pyridine rings is 1. The smallest absolute Gasteiger partial charge is 0.307 e. The molecule has 1 saturated carbocycles. The SMILES string of the molecule is COC(=O)C[C@H](NC(=O)c1cc(C2CC2)nc2onc(C)c12)c1ccc(OC)cc1OC. The van der Waals surface area contributed by atoms with Crippen LogP contribution in [0, 0.1) is 6.92 Å². The van der Waals surface area contributed by atoms with Crippen LogP contribution in [0.1, 0.15) is 58.5 Å². The fraction of sp³-hybridized carbons (Fsp3) is 0.391. The first-order chi connectivity index (χ1) is 15.4. The fourth-order valence-electron chi connectivity index (χ4n) is 3.71. The first kappa shape index (κ1) is 21.6. The van der Waals surface area contributed by atoms with Gasteiger partial charge in [0.25, 0.3) is 11.6 Å². The Bertz CT molecular complexity index is 1170. The monoisotopic (exact) mass is 439 g/mol. The van der Waals surface area contributed by atoms with Crippen LogP contribution in [-0.2, 0) is 9.53 Å². The van der Waals surface area contributed by atoms with Crippen molar-refractivity contribution >= 4 is 23.0 Å². The summed E-state index contributed by atoms with van der Waals surface area (Å²) >= 11 is 0. The lowest BCUT2D eigenvalue weighted by Gasteiger charge is -2.21. The average molecular weight is 439 g/mol. The summed E-state index contributed by atoms with van der Waals surface area (Å²) in [5.41, 5.74) is 2.76. The minimum Gasteiger partial charge on any atom is -0.497 e. The van der Waals surface area contributed by atoms with Crippen LogP contribution in [0.15, 0.2) is 28.8 Å². The van der Waals surface area contributed by atoms with Gasteiger partial charge in [-0.15, -0.1) is 0 Å². The third-order valence-electron chi connectivity index (χ3n) is 5.60. The summed E-state index contributed by atoms with van der Waals surface area (Å²) in [6.45, 7) is 1.76. The average Bonchev–Trinajstić information content (AvgIpc) is 3.60. The molecular weight excluding hydrogens is 414 g/mol. The number of nitrogens with zero attached hydrogens (tertiary/aromatic N) is 2. The van der Waals surface area contributed by atoms with Crippen molar-refractivity contribution in [2.45, 2.75) is 38.1 Å². The molecule has 3 aromatic rings. The summed E-state index contributed by atoms with van der Waals surface area (Å²) in [4.78, 5) is 30.1. The summed E-state index contributed by atoms with van der Waals surface area (Å²) in [6, 6.07) is 6.30. The van der Waals surface area contributed by atoms with Crippen molar-refractivity contribution in [1.29, 1.82) is 0 Å². The number of hydrogen-bond acceptors (Lipinski definition) is 8. The normalized spacial score (nSPS) is 14.1. The standard InChI is InChI=1S/C23H25N3O6/c1-12-21-16(10-17(13-5-6-13)25-23(21)32-26-12)22(28)24-18(11-20(27)31-4)15-8-7-14(29-2)9-19(15)30-3/h7-10,13,18H,5-6,11H2,1-4H3,(H,24,28)/t18-/m0/s1. The summed E-state index contributed by atoms with van der Waals surface area (Å²) in [5.74, 6) is 0.575. The molecule has 1 atom stereocenters. The molecule has 1 amide bonds. The number of hydrogen-bond donors (Lipinski definition) is 1. The predicted molar refractivity (Wildman–Crippen MR) is 115 cm³/mol. The summed E-state index contributed by atoms with van der Waals surface area (Å²) in [7, 11) is 4.38. The number of aromatic nitrogens is 2. The van der Waals surface area contributed by atoms with E-state index in [9.17, 15) is 9.59 Å². The zero-order valence-corrected chi connectivity index (χ0v) is 18.4. The molecule has 1 fully saturated rings. The first-order valence-corrected chi connectivity index (χ1v) is 10.3. The van der Waals surface area contributed by atoms with Crippen molar-refractivity contribution in [2.24, 2.45) is 0 Å². The Kier molecular flexibility index (Phi) is 5.98. The molecule has 0 spiro atoms. The molecular formula is C23H25N3O6. The summed E-state index contributed by atoms with van der Waals surface area (Å²) < 4.78 is 20.9. The Morgan fingerprint density at radius 1 is 1.19 bits per heavy atom. The van der Waals surface area contributed by atoms with Crippen LogP contribution in [0.5, 0.6) is 11.5 Å². The number of carbonyl (C=O) groups excluding carboxylic acids is 2. The third-order valence-corrected chi connectivity index (χ3v) is 5.60. The van der Waals surface area contributed by atoms with Crippen LogP contribution in [0.2, 0.25) is 0 Å². The van der Waals surface area contributed by atoms with E-state index in [0.29, 0.717) is 45.3 Å². The highest BCUT2D eigenvalue weighted by Crippen LogP contribution is 2.40. The second kappa shape index (κ2) is 8.86. The van der Waals surface area contributed by atoms with Crippen LogP contribution in [0.3, 0.4) is 0 Å². The van der Waals surface area contributed by atoms with E-state index in [2.05, 4.69) is 15.5 Å². The van der Waals surface area contributed by atoms with Crippen molar-refractivity contribution in [2.75, 3.05) is 21.3 Å². The Morgan fingerprint density at radius 2 is 1.97 bits per heavy atom. The number of benzene rings is 1. The van der Waals surface area contributed by atoms with Crippen LogP contribution >= 0.6 is 0 Å². The highest BCUT2D eigenvalue weighted by atomic mass is 16.5. The molecule has 0 aliphatic heterocycles. The quantitative estimate of drug-likeness (QED) is 0.531. The lowest BCUT2D eigenvalue weighted by atomic mass is 10.0. The lowest BCUT2D eigenvalue weighted by Crippen LogP contribution is -2.31. The van der Waals surface area contributed by atoms with E-state index in [1.54, 1.807) is 38.3 Å². The van der Waals surface area contributed by atoms with Crippen LogP contribution in [-0.4, -0.2) is 43.3 Å². The van der Waals surface area contributed by atoms with Gasteiger partial charge in [-0.25, -0.2) is 4.98 Å². The van der Waals surface area contributed by atoms with Crippen LogP contribution < -0.4 is 14.8 Å². The number of ether oxygens (including phenoxy) is 3. The van der Waals surface area contributed by atoms with Crippen molar-refractivity contribution in [1.82, 2.24) is 15.5 Å². The molecule has 0 radical (unpaired) electrons. The maximum absolute atomic E-state index is 13.5. The van der Waals surface area contributed by atoms with Crippen molar-refractivity contribution < 1.29 is 28.3 Å². The maximum atomic E-state index is 13.5. The summed E-state index contributed by atoms with van der Waals surface area (Å²) in [6.07, 6.45) is 1.98. The molecule has 0 unspecified atom stereocenters. The molecule has 2 aromatic heterocycles. The van der Waals surface area contributed by atoms with E-state index in [-0.39, 0.29) is 12.3 Å². The molecule has 0 bridgehead atoms. The second-order valence-electron chi connectivity index (χ2n) is 7.73. The van der Waals surface area contributed by atoms with Gasteiger partial charge in [0.2, 0.25) is 0 Å². The number of fused-ring (bicyclic) bond motifs is 1. The van der Waals surface area contributed by atoms with Gasteiger partial charge >= 0.3 is 5.97 Å². The zero-order valence-electron chi connectivity index (χ0n) is 18.4. The number of methoxy groups -OCH3 is 3. The number of esters is 1. The Balaban J connectivity index is 1.72. The molecule has 1 N–H and O–H groups in total. The molecule has 32 heavy (non-hydrogen) atoms. The third kappa shape index (κ3) is 4.23. The minimum atomic E-state index is -0.691. The molecule has 1 aromatic carbocycles. The zero-order chi connectivity index (χ0) is 22.8. The highest BCUT2D eigenvalue weighted by molar-refractivity contribution is 6.06. The maximum Gasteiger partial charge on any atom is 0.307 e. The van der Waals surface area contributed by atoms with Gasteiger partial charge in [0.1, 0.15) is 11.5 Å². The van der Waals surface area contributed by atoms with E-state index in [1.807, 2.05) is 0 Å². The van der Waals surface area contributed by atoms with Crippen LogP contribution in [0.4, 0.5) is 0 Å². The Morgan fingerprint density at radius 3 is 2.62 bits per heavy atom. The van der Waals surface area contributed by atoms with E-state index < -0.39 is 12.0 Å². The molecule has 168 valence electrons. The Hall–Kier alpha value is -3.62. The van der Waals surface area contributed by atoms with E-state index in [0.717, 1.165) is 18.5 Å². The van der Waals surface area contributed by atoms with Gasteiger partial charge in [0, 0.05) is 23.2 Å². The molecule has 0 saturated heterocycles. The van der Waals surface area contributed by atoms with Crippen LogP contribution in [0.25, 0.3) is 11.1 Å². The lowest BCUT2D eigenvalue weighted by molar-refractivity contribution is -0.141. The van der Waals surface area contributed by atoms with E-state index >= 15 is 0 Å². The van der Waals surface area contributed by atoms with Gasteiger partial charge < -0.3 is 24.1 Å². The number of nitrogens with one attached hydrogen (secondary N) is 1. The van der Waals surface area contributed by atoms with Gasteiger partial charge in [-0.2, -0.15) is 0 Å². The number of rotatable bonds is 8. The van der Waals surface area contributed by atoms with Crippen molar-refractivity contribution in [3.8, 4) is 11.5 Å². The highest BCUT2D eigenvalue weighted by Gasteiger charge is 2.30. The first-order valence-electron chi connectivity index (χ1n) is 10.3. The van der Waals surface area contributed by atoms with Gasteiger partial charge in [-0.1, -0.05) is 5.16 Å². The van der Waals surface area contributed by atoms with Crippen molar-refractivity contribution in [3.63, 3.8) is 0 Å².